The van der Waals surface area contributed by atoms with Crippen molar-refractivity contribution < 1.29 is 28.2 Å². The molecule has 3 aromatic rings. The number of rotatable bonds is 7. The summed E-state index contributed by atoms with van der Waals surface area (Å²) in [5, 5.41) is 11.8. The molecule has 0 aliphatic heterocycles. The van der Waals surface area contributed by atoms with Gasteiger partial charge in [0.05, 0.1) is 0 Å². The third kappa shape index (κ3) is 4.46. The van der Waals surface area contributed by atoms with E-state index in [4.69, 9.17) is 4.74 Å². The van der Waals surface area contributed by atoms with Gasteiger partial charge in [0.1, 0.15) is 12.6 Å². The number of halogens is 2. The lowest BCUT2D eigenvalue weighted by molar-refractivity contribution is -0.139. The van der Waals surface area contributed by atoms with Gasteiger partial charge in [-0.2, -0.15) is 0 Å². The number of alkyl halides is 2. The van der Waals surface area contributed by atoms with Gasteiger partial charge in [-0.15, -0.1) is 0 Å². The van der Waals surface area contributed by atoms with Crippen LogP contribution in [0.4, 0.5) is 13.6 Å². The van der Waals surface area contributed by atoms with Crippen LogP contribution in [0.15, 0.2) is 72.8 Å². The summed E-state index contributed by atoms with van der Waals surface area (Å²) >= 11 is 0. The van der Waals surface area contributed by atoms with E-state index in [1.165, 1.54) is 18.2 Å². The Morgan fingerprint density at radius 3 is 2.16 bits per heavy atom. The van der Waals surface area contributed by atoms with E-state index in [2.05, 4.69) is 5.32 Å². The van der Waals surface area contributed by atoms with Gasteiger partial charge in [0.25, 0.3) is 6.43 Å². The second-order valence-corrected chi connectivity index (χ2v) is 7.61. The Morgan fingerprint density at radius 2 is 1.56 bits per heavy atom. The van der Waals surface area contributed by atoms with Crippen LogP contribution < -0.4 is 5.32 Å². The molecule has 5 nitrogen and oxygen atoms in total. The minimum absolute atomic E-state index is 0.0487. The molecule has 0 heterocycles. The van der Waals surface area contributed by atoms with Gasteiger partial charge in [-0.25, -0.2) is 18.4 Å². The first-order valence-electron chi connectivity index (χ1n) is 10.2. The molecule has 1 amide bonds. The molecule has 0 bridgehead atoms. The summed E-state index contributed by atoms with van der Waals surface area (Å²) in [5.74, 6) is -1.43. The Kier molecular flexibility index (Phi) is 6.16. The molecule has 164 valence electrons. The number of alkyl carbamates (subject to hydrolysis) is 1. The first kappa shape index (κ1) is 21.5. The van der Waals surface area contributed by atoms with Gasteiger partial charge in [0.15, 0.2) is 0 Å². The Balaban J connectivity index is 1.43. The highest BCUT2D eigenvalue weighted by atomic mass is 19.3. The highest BCUT2D eigenvalue weighted by molar-refractivity contribution is 5.81. The first-order valence-corrected chi connectivity index (χ1v) is 10.2. The van der Waals surface area contributed by atoms with Crippen molar-refractivity contribution in [1.82, 2.24) is 5.32 Å². The maximum absolute atomic E-state index is 12.9. The molecule has 0 saturated heterocycles. The summed E-state index contributed by atoms with van der Waals surface area (Å²) in [6, 6.07) is 19.9. The highest BCUT2D eigenvalue weighted by Crippen LogP contribution is 2.44. The number of aliphatic carboxylic acids is 1. The number of benzene rings is 3. The lowest BCUT2D eigenvalue weighted by Gasteiger charge is -2.18. The standard InChI is InChI=1S/C25H21F2NO4/c26-23(27)16-7-5-6-15(12-16)13-22(24(29)30)28-25(31)32-14-21-19-10-3-1-8-17(19)18-9-2-4-11-20(18)21/h1-12,21-23H,13-14H2,(H,28,31)(H,29,30). The zero-order valence-electron chi connectivity index (χ0n) is 17.0. The van der Waals surface area contributed by atoms with E-state index in [1.54, 1.807) is 6.07 Å². The molecular weight excluding hydrogens is 416 g/mol. The average molecular weight is 437 g/mol. The molecule has 1 aliphatic rings. The number of ether oxygens (including phenoxy) is 1. The van der Waals surface area contributed by atoms with E-state index < -0.39 is 24.5 Å². The molecular formula is C25H21F2NO4. The highest BCUT2D eigenvalue weighted by Gasteiger charge is 2.29. The van der Waals surface area contributed by atoms with Crippen LogP contribution >= 0.6 is 0 Å². The Bertz CT molecular complexity index is 1100. The molecule has 0 saturated carbocycles. The predicted molar refractivity (Wildman–Crippen MR) is 115 cm³/mol. The van der Waals surface area contributed by atoms with Crippen LogP contribution in [0, 0.1) is 0 Å². The minimum Gasteiger partial charge on any atom is -0.480 e. The molecule has 4 rings (SSSR count). The van der Waals surface area contributed by atoms with Gasteiger partial charge in [0.2, 0.25) is 0 Å². The molecule has 0 aromatic heterocycles. The van der Waals surface area contributed by atoms with Crippen LogP contribution in [0.25, 0.3) is 11.1 Å². The maximum atomic E-state index is 12.9. The number of amides is 1. The monoisotopic (exact) mass is 437 g/mol. The number of carbonyl (C=O) groups excluding carboxylic acids is 1. The van der Waals surface area contributed by atoms with Crippen molar-refractivity contribution in [3.63, 3.8) is 0 Å². The first-order chi connectivity index (χ1) is 15.4. The minimum atomic E-state index is -2.66. The molecule has 32 heavy (non-hydrogen) atoms. The SMILES string of the molecule is O=C(NC(Cc1cccc(C(F)F)c1)C(=O)O)OCC1c2ccccc2-c2ccccc21. The lowest BCUT2D eigenvalue weighted by Crippen LogP contribution is -2.42. The normalized spacial score (nSPS) is 13.3. The molecule has 1 aliphatic carbocycles. The predicted octanol–water partition coefficient (Wildman–Crippen LogP) is 5.16. The Morgan fingerprint density at radius 1 is 0.938 bits per heavy atom. The maximum Gasteiger partial charge on any atom is 0.407 e. The van der Waals surface area contributed by atoms with E-state index in [-0.39, 0.29) is 24.5 Å². The van der Waals surface area contributed by atoms with Crippen LogP contribution in [0.3, 0.4) is 0 Å². The van der Waals surface area contributed by atoms with Gasteiger partial charge in [0, 0.05) is 17.9 Å². The van der Waals surface area contributed by atoms with Crippen LogP contribution in [-0.4, -0.2) is 29.8 Å². The van der Waals surface area contributed by atoms with Crippen molar-refractivity contribution in [3.8, 4) is 11.1 Å². The second-order valence-electron chi connectivity index (χ2n) is 7.61. The lowest BCUT2D eigenvalue weighted by atomic mass is 9.98. The third-order valence-corrected chi connectivity index (χ3v) is 5.58. The Hall–Kier alpha value is -3.74. The van der Waals surface area contributed by atoms with E-state index in [0.717, 1.165) is 22.3 Å². The van der Waals surface area contributed by atoms with Gasteiger partial charge in [-0.3, -0.25) is 0 Å². The van der Waals surface area contributed by atoms with Gasteiger partial charge in [-0.05, 0) is 27.8 Å². The summed E-state index contributed by atoms with van der Waals surface area (Å²) in [6.45, 7) is 0.0487. The van der Waals surface area contributed by atoms with Crippen LogP contribution in [-0.2, 0) is 16.0 Å². The fourth-order valence-corrected chi connectivity index (χ4v) is 4.07. The summed E-state index contributed by atoms with van der Waals surface area (Å²) < 4.78 is 31.2. The van der Waals surface area contributed by atoms with Gasteiger partial charge >= 0.3 is 12.1 Å². The molecule has 0 spiro atoms. The fourth-order valence-electron chi connectivity index (χ4n) is 4.07. The van der Waals surface area contributed by atoms with Crippen LogP contribution in [0.5, 0.6) is 0 Å². The van der Waals surface area contributed by atoms with Crippen molar-refractivity contribution in [3.05, 3.63) is 95.1 Å². The summed E-state index contributed by atoms with van der Waals surface area (Å²) in [6.07, 6.45) is -3.67. The van der Waals surface area contributed by atoms with E-state index in [9.17, 15) is 23.5 Å². The molecule has 0 radical (unpaired) electrons. The van der Waals surface area contributed by atoms with Crippen molar-refractivity contribution in [1.29, 1.82) is 0 Å². The van der Waals surface area contributed by atoms with Crippen molar-refractivity contribution in [2.45, 2.75) is 24.8 Å². The summed E-state index contributed by atoms with van der Waals surface area (Å²) in [7, 11) is 0. The molecule has 3 aromatic carbocycles. The number of nitrogens with one attached hydrogen (secondary N) is 1. The number of carboxylic acid groups (broad SMARTS) is 1. The molecule has 2 N–H and O–H groups in total. The van der Waals surface area contributed by atoms with E-state index in [0.29, 0.717) is 5.56 Å². The molecule has 1 unspecified atom stereocenters. The number of hydrogen-bond donors (Lipinski definition) is 2. The van der Waals surface area contributed by atoms with Crippen molar-refractivity contribution in [2.75, 3.05) is 6.61 Å². The van der Waals surface area contributed by atoms with Gasteiger partial charge < -0.3 is 15.2 Å². The van der Waals surface area contributed by atoms with Crippen molar-refractivity contribution >= 4 is 12.1 Å². The number of hydrogen-bond acceptors (Lipinski definition) is 3. The van der Waals surface area contributed by atoms with Crippen LogP contribution in [0.2, 0.25) is 0 Å². The second kappa shape index (κ2) is 9.18. The van der Waals surface area contributed by atoms with Crippen LogP contribution in [0.1, 0.15) is 34.6 Å². The zero-order valence-corrected chi connectivity index (χ0v) is 17.0. The average Bonchev–Trinajstić information content (AvgIpc) is 3.11. The number of carboxylic acids is 1. The number of carbonyl (C=O) groups is 2. The molecule has 1 atom stereocenters. The molecule has 7 heteroatoms. The topological polar surface area (TPSA) is 75.6 Å². The fraction of sp³-hybridized carbons (Fsp3) is 0.200. The molecule has 0 fully saturated rings. The largest absolute Gasteiger partial charge is 0.480 e. The van der Waals surface area contributed by atoms with E-state index in [1.807, 2.05) is 48.5 Å². The number of fused-ring (bicyclic) bond motifs is 3. The smallest absolute Gasteiger partial charge is 0.407 e. The van der Waals surface area contributed by atoms with Gasteiger partial charge in [-0.1, -0.05) is 72.8 Å². The zero-order chi connectivity index (χ0) is 22.7. The summed E-state index contributed by atoms with van der Waals surface area (Å²) in [5.41, 5.74) is 4.43. The Labute approximate surface area is 183 Å². The third-order valence-electron chi connectivity index (χ3n) is 5.58. The van der Waals surface area contributed by atoms with Crippen molar-refractivity contribution in [2.24, 2.45) is 0 Å². The quantitative estimate of drug-likeness (QED) is 0.536. The van der Waals surface area contributed by atoms with E-state index >= 15 is 0 Å². The summed E-state index contributed by atoms with van der Waals surface area (Å²) in [4.78, 5) is 24.0.